The van der Waals surface area contributed by atoms with Crippen molar-refractivity contribution in [2.75, 3.05) is 13.6 Å². The molecule has 0 aliphatic carbocycles. The van der Waals surface area contributed by atoms with Crippen molar-refractivity contribution in [1.82, 2.24) is 5.32 Å². The average Bonchev–Trinajstić information content (AvgIpc) is 1.61. The molecule has 0 heterocycles. The maximum Gasteiger partial charge on any atom is 0.00286 e. The van der Waals surface area contributed by atoms with E-state index in [4.69, 9.17) is 0 Å². The van der Waals surface area contributed by atoms with Gasteiger partial charge in [-0.25, -0.2) is 0 Å². The summed E-state index contributed by atoms with van der Waals surface area (Å²) in [7, 11) is 3.36. The van der Waals surface area contributed by atoms with Gasteiger partial charge in [0.05, 0.1) is 0 Å². The normalized spacial score (nSPS) is 9.50. The Bertz CT molecular complexity index is 19.5. The molecule has 6 heavy (non-hydrogen) atoms. The summed E-state index contributed by atoms with van der Waals surface area (Å²) >= 11 is 0. The Hall–Kier alpha value is 0.177. The van der Waals surface area contributed by atoms with Crippen LogP contribution >= 0.6 is 0 Å². The molecule has 0 rings (SSSR count). The van der Waals surface area contributed by atoms with Crippen molar-refractivity contribution in [2.45, 2.75) is 12.5 Å². The smallest absolute Gasteiger partial charge is 0.00286 e. The Morgan fingerprint density at radius 3 is 2.50 bits per heavy atom. The maximum atomic E-state index is 3.09. The second-order valence-electron chi connectivity index (χ2n) is 1.46. The Labute approximate surface area is 42.6 Å². The molecular formula is C4H13NSi. The summed E-state index contributed by atoms with van der Waals surface area (Å²) in [6.07, 6.45) is 1.36. The van der Waals surface area contributed by atoms with Gasteiger partial charge < -0.3 is 5.32 Å². The molecular weight excluding hydrogens is 90.1 g/mol. The molecule has 0 aromatic carbocycles. The summed E-state index contributed by atoms with van der Waals surface area (Å²) in [5.74, 6) is 0. The molecule has 0 saturated carbocycles. The van der Waals surface area contributed by atoms with E-state index < -0.39 is 0 Å². The molecule has 0 atom stereocenters. The van der Waals surface area contributed by atoms with Crippen LogP contribution in [0.5, 0.6) is 0 Å². The fraction of sp³-hybridized carbons (Fsp3) is 1.00. The molecule has 0 spiro atoms. The Balaban J connectivity index is 2.34. The van der Waals surface area contributed by atoms with E-state index in [1.165, 1.54) is 29.3 Å². The highest BCUT2D eigenvalue weighted by Gasteiger charge is 1.73. The third kappa shape index (κ3) is 4.18. The topological polar surface area (TPSA) is 12.0 Å². The lowest BCUT2D eigenvalue weighted by Gasteiger charge is -1.89. The van der Waals surface area contributed by atoms with Gasteiger partial charge in [-0.05, 0) is 20.0 Å². The van der Waals surface area contributed by atoms with Crippen LogP contribution in [0.15, 0.2) is 0 Å². The van der Waals surface area contributed by atoms with E-state index in [9.17, 15) is 0 Å². The quantitative estimate of drug-likeness (QED) is 0.371. The van der Waals surface area contributed by atoms with E-state index in [1.54, 1.807) is 0 Å². The van der Waals surface area contributed by atoms with E-state index in [0.29, 0.717) is 0 Å². The lowest BCUT2D eigenvalue weighted by Crippen LogP contribution is -2.06. The van der Waals surface area contributed by atoms with Gasteiger partial charge in [-0.2, -0.15) is 0 Å². The van der Waals surface area contributed by atoms with Crippen LogP contribution in [-0.2, 0) is 0 Å². The predicted molar refractivity (Wildman–Crippen MR) is 33.3 cm³/mol. The van der Waals surface area contributed by atoms with Crippen LogP contribution in [0.25, 0.3) is 0 Å². The Morgan fingerprint density at radius 1 is 1.67 bits per heavy atom. The average molecular weight is 103 g/mol. The van der Waals surface area contributed by atoms with Crippen LogP contribution in [0, 0.1) is 0 Å². The number of rotatable bonds is 3. The zero-order chi connectivity index (χ0) is 4.83. The van der Waals surface area contributed by atoms with Crippen LogP contribution in [0.3, 0.4) is 0 Å². The number of nitrogens with one attached hydrogen (secondary N) is 1. The maximum absolute atomic E-state index is 3.09. The molecule has 1 N–H and O–H groups in total. The van der Waals surface area contributed by atoms with Gasteiger partial charge in [-0.1, -0.05) is 6.04 Å². The first-order valence-electron chi connectivity index (χ1n) is 2.56. The van der Waals surface area contributed by atoms with E-state index >= 15 is 0 Å². The van der Waals surface area contributed by atoms with Crippen LogP contribution in [-0.4, -0.2) is 23.8 Å². The van der Waals surface area contributed by atoms with E-state index in [-0.39, 0.29) is 0 Å². The van der Waals surface area contributed by atoms with Crippen molar-refractivity contribution in [3.63, 3.8) is 0 Å². The van der Waals surface area contributed by atoms with Crippen molar-refractivity contribution in [2.24, 2.45) is 0 Å². The van der Waals surface area contributed by atoms with Crippen LogP contribution in [0.4, 0.5) is 0 Å². The molecule has 0 unspecified atom stereocenters. The fourth-order valence-corrected chi connectivity index (χ4v) is 0.707. The Morgan fingerprint density at radius 2 is 2.33 bits per heavy atom. The molecule has 0 saturated heterocycles. The summed E-state index contributed by atoms with van der Waals surface area (Å²) in [6.45, 7) is 1.20. The first-order chi connectivity index (χ1) is 2.91. The largest absolute Gasteiger partial charge is 0.320 e. The van der Waals surface area contributed by atoms with Crippen molar-refractivity contribution in [1.29, 1.82) is 0 Å². The summed E-state index contributed by atoms with van der Waals surface area (Å²) in [6, 6.07) is 1.43. The van der Waals surface area contributed by atoms with Crippen molar-refractivity contribution < 1.29 is 0 Å². The zero-order valence-corrected chi connectivity index (χ0v) is 6.62. The minimum Gasteiger partial charge on any atom is -0.320 e. The van der Waals surface area contributed by atoms with Gasteiger partial charge in [0, 0.05) is 10.2 Å². The lowest BCUT2D eigenvalue weighted by molar-refractivity contribution is 0.771. The summed E-state index contributed by atoms with van der Waals surface area (Å²) < 4.78 is 0. The molecule has 2 heteroatoms. The summed E-state index contributed by atoms with van der Waals surface area (Å²) in [5.41, 5.74) is 0. The predicted octanol–water partition coefficient (Wildman–Crippen LogP) is -0.620. The van der Waals surface area contributed by atoms with Gasteiger partial charge in [0.15, 0.2) is 0 Å². The first-order valence-corrected chi connectivity index (χ1v) is 3.97. The highest BCUT2D eigenvalue weighted by Crippen LogP contribution is 1.76. The summed E-state index contributed by atoms with van der Waals surface area (Å²) in [5, 5.41) is 3.09. The molecule has 0 aromatic heterocycles. The molecule has 1 nitrogen and oxygen atoms in total. The molecule has 0 amide bonds. The van der Waals surface area contributed by atoms with Gasteiger partial charge in [-0.3, -0.25) is 0 Å². The van der Waals surface area contributed by atoms with Gasteiger partial charge in [0.25, 0.3) is 0 Å². The van der Waals surface area contributed by atoms with Crippen molar-refractivity contribution >= 4 is 10.2 Å². The van der Waals surface area contributed by atoms with Gasteiger partial charge in [0.2, 0.25) is 0 Å². The molecule has 0 aromatic rings. The third-order valence-electron chi connectivity index (χ3n) is 0.780. The molecule has 38 valence electrons. The minimum atomic E-state index is 1.20. The number of hydrogen-bond donors (Lipinski definition) is 1. The lowest BCUT2D eigenvalue weighted by atomic mass is 10.5. The number of hydrogen-bond acceptors (Lipinski definition) is 1. The van der Waals surface area contributed by atoms with E-state index in [2.05, 4.69) is 5.32 Å². The van der Waals surface area contributed by atoms with E-state index in [1.807, 2.05) is 7.05 Å². The zero-order valence-electron chi connectivity index (χ0n) is 4.62. The minimum absolute atomic E-state index is 1.20. The van der Waals surface area contributed by atoms with Gasteiger partial charge in [0.1, 0.15) is 0 Å². The molecule has 0 aliphatic rings. The molecule has 0 fully saturated rings. The van der Waals surface area contributed by atoms with Crippen molar-refractivity contribution in [3.05, 3.63) is 0 Å². The second kappa shape index (κ2) is 5.18. The van der Waals surface area contributed by atoms with Gasteiger partial charge >= 0.3 is 0 Å². The monoisotopic (exact) mass is 103 g/mol. The highest BCUT2D eigenvalue weighted by atomic mass is 28.1. The molecule has 0 bridgehead atoms. The van der Waals surface area contributed by atoms with Crippen LogP contribution in [0.2, 0.25) is 6.04 Å². The fourth-order valence-electron chi connectivity index (χ4n) is 0.354. The highest BCUT2D eigenvalue weighted by molar-refractivity contribution is 6.08. The van der Waals surface area contributed by atoms with Crippen LogP contribution < -0.4 is 5.32 Å². The van der Waals surface area contributed by atoms with Crippen LogP contribution in [0.1, 0.15) is 6.42 Å². The SMILES string of the molecule is CNCCC[SiH3]. The second-order valence-corrected chi connectivity index (χ2v) is 2.46. The first kappa shape index (κ1) is 6.18. The summed E-state index contributed by atoms with van der Waals surface area (Å²) in [4.78, 5) is 0. The van der Waals surface area contributed by atoms with Crippen molar-refractivity contribution in [3.8, 4) is 0 Å². The molecule has 0 aliphatic heterocycles. The third-order valence-corrected chi connectivity index (χ3v) is 1.49. The standard InChI is InChI=1S/C4H13NSi/c1-5-3-2-4-6/h5H,2-4H2,1,6H3. The van der Waals surface area contributed by atoms with Gasteiger partial charge in [-0.15, -0.1) is 0 Å². The molecule has 0 radical (unpaired) electrons. The Kier molecular flexibility index (Phi) is 5.33. The van der Waals surface area contributed by atoms with E-state index in [0.717, 1.165) is 0 Å².